The molecule has 1 fully saturated rings. The Hall–Kier alpha value is -2.21. The summed E-state index contributed by atoms with van der Waals surface area (Å²) in [6.07, 6.45) is -1.06. The molecule has 0 aliphatic heterocycles. The van der Waals surface area contributed by atoms with Crippen LogP contribution in [-0.2, 0) is 11.6 Å². The van der Waals surface area contributed by atoms with Crippen molar-refractivity contribution in [3.63, 3.8) is 0 Å². The molecule has 0 radical (unpaired) electrons. The van der Waals surface area contributed by atoms with Crippen LogP contribution in [0.25, 0.3) is 0 Å². The minimum atomic E-state index is -4.52. The van der Waals surface area contributed by atoms with E-state index in [1.165, 1.54) is 5.56 Å². The number of alkyl halides is 3. The van der Waals surface area contributed by atoms with Crippen molar-refractivity contribution >= 4 is 23.2 Å². The maximum Gasteiger partial charge on any atom is 0.416 e. The fraction of sp³-hybridized carbons (Fsp3) is 0.480. The van der Waals surface area contributed by atoms with Crippen LogP contribution in [-0.4, -0.2) is 18.5 Å². The largest absolute Gasteiger partial charge is 0.416 e. The predicted molar refractivity (Wildman–Crippen MR) is 123 cm³/mol. The summed E-state index contributed by atoms with van der Waals surface area (Å²) in [7, 11) is 0. The van der Waals surface area contributed by atoms with Crippen LogP contribution in [0.15, 0.2) is 42.5 Å². The average Bonchev–Trinajstić information content (AvgIpc) is 2.72. The lowest BCUT2D eigenvalue weighted by molar-refractivity contribution is -0.137. The van der Waals surface area contributed by atoms with Crippen LogP contribution in [0.1, 0.15) is 67.9 Å². The molecule has 1 saturated carbocycles. The number of anilines is 1. The van der Waals surface area contributed by atoms with Crippen molar-refractivity contribution in [1.82, 2.24) is 5.32 Å². The summed E-state index contributed by atoms with van der Waals surface area (Å²) in [5.74, 6) is -0.0656. The monoisotopic (exact) mass is 466 g/mol. The lowest BCUT2D eigenvalue weighted by Gasteiger charge is -2.29. The zero-order chi connectivity index (χ0) is 23.5. The van der Waals surface area contributed by atoms with Crippen molar-refractivity contribution < 1.29 is 18.0 Å². The topological polar surface area (TPSA) is 41.1 Å². The highest BCUT2D eigenvalue weighted by molar-refractivity contribution is 6.33. The van der Waals surface area contributed by atoms with Gasteiger partial charge in [-0.25, -0.2) is 0 Å². The maximum atomic E-state index is 13.0. The second-order valence-electron chi connectivity index (χ2n) is 9.59. The Morgan fingerprint density at radius 2 is 1.56 bits per heavy atom. The van der Waals surface area contributed by atoms with Crippen LogP contribution in [0.4, 0.5) is 18.9 Å². The molecule has 7 heteroatoms. The van der Waals surface area contributed by atoms with Crippen LogP contribution in [0.3, 0.4) is 0 Å². The third kappa shape index (κ3) is 6.41. The van der Waals surface area contributed by atoms with Crippen LogP contribution in [0.2, 0.25) is 5.02 Å². The van der Waals surface area contributed by atoms with E-state index in [1.54, 1.807) is 0 Å². The molecule has 3 nitrogen and oxygen atoms in total. The first-order valence-corrected chi connectivity index (χ1v) is 11.3. The molecular formula is C25H30ClF3N2O. The molecule has 1 aliphatic carbocycles. The molecule has 0 atom stereocenters. The third-order valence-electron chi connectivity index (χ3n) is 6.07. The number of hydrogen-bond acceptors (Lipinski definition) is 2. The summed E-state index contributed by atoms with van der Waals surface area (Å²) in [6.45, 7) is 7.42. The molecule has 2 aromatic carbocycles. The van der Waals surface area contributed by atoms with E-state index in [1.807, 2.05) is 0 Å². The Balaban J connectivity index is 1.48. The molecule has 0 saturated heterocycles. The van der Waals surface area contributed by atoms with E-state index in [9.17, 15) is 18.0 Å². The summed E-state index contributed by atoms with van der Waals surface area (Å²) in [4.78, 5) is 12.5. The highest BCUT2D eigenvalue weighted by Crippen LogP contribution is 2.32. The van der Waals surface area contributed by atoms with Crippen molar-refractivity contribution in [3.05, 3.63) is 64.2 Å². The van der Waals surface area contributed by atoms with Gasteiger partial charge >= 0.3 is 6.18 Å². The van der Waals surface area contributed by atoms with Gasteiger partial charge in [-0.15, -0.1) is 0 Å². The molecule has 0 aromatic heterocycles. The molecule has 0 spiro atoms. The van der Waals surface area contributed by atoms with Crippen LogP contribution >= 0.6 is 11.6 Å². The van der Waals surface area contributed by atoms with Crippen molar-refractivity contribution in [2.75, 3.05) is 11.9 Å². The van der Waals surface area contributed by atoms with Gasteiger partial charge in [0.2, 0.25) is 0 Å². The van der Waals surface area contributed by atoms with E-state index in [4.69, 9.17) is 11.6 Å². The number of amides is 1. The third-order valence-corrected chi connectivity index (χ3v) is 6.40. The number of carbonyl (C=O) groups is 1. The van der Waals surface area contributed by atoms with Crippen molar-refractivity contribution in [1.29, 1.82) is 0 Å². The lowest BCUT2D eigenvalue weighted by Crippen LogP contribution is -2.38. The number of carbonyl (C=O) groups excluding carboxylic acids is 1. The summed E-state index contributed by atoms with van der Waals surface area (Å²) >= 11 is 5.98. The van der Waals surface area contributed by atoms with Crippen LogP contribution in [0, 0.1) is 5.92 Å². The molecule has 0 bridgehead atoms. The van der Waals surface area contributed by atoms with Gasteiger partial charge in [-0.1, -0.05) is 44.5 Å². The first-order valence-electron chi connectivity index (χ1n) is 11.0. The molecule has 3 rings (SSSR count). The number of hydrogen-bond donors (Lipinski definition) is 2. The van der Waals surface area contributed by atoms with Gasteiger partial charge in [0.15, 0.2) is 0 Å². The second kappa shape index (κ2) is 9.74. The summed E-state index contributed by atoms with van der Waals surface area (Å²) in [5.41, 5.74) is 1.49. The maximum absolute atomic E-state index is 13.0. The SMILES string of the molecule is CC(C)(C)c1ccc(NCC2CCC(NC(=O)c3cc(C(F)(F)F)ccc3Cl)CC2)cc1. The van der Waals surface area contributed by atoms with Gasteiger partial charge in [-0.2, -0.15) is 13.2 Å². The van der Waals surface area contributed by atoms with Crippen LogP contribution in [0.5, 0.6) is 0 Å². The predicted octanol–water partition coefficient (Wildman–Crippen LogP) is 7.06. The van der Waals surface area contributed by atoms with Gasteiger partial charge < -0.3 is 10.6 Å². The van der Waals surface area contributed by atoms with E-state index in [2.05, 4.69) is 55.7 Å². The highest BCUT2D eigenvalue weighted by atomic mass is 35.5. The fourth-order valence-electron chi connectivity index (χ4n) is 4.00. The van der Waals surface area contributed by atoms with Gasteiger partial charge in [0.25, 0.3) is 5.91 Å². The Morgan fingerprint density at radius 1 is 0.969 bits per heavy atom. The average molecular weight is 467 g/mol. The number of benzene rings is 2. The standard InChI is InChI=1S/C25H30ClF3N2O/c1-24(2,3)17-6-11-19(12-7-17)30-15-16-4-9-20(10-5-16)31-23(32)21-14-18(25(27,28)29)8-13-22(21)26/h6-8,11-14,16,20,30H,4-5,9-10,15H2,1-3H3,(H,31,32). The lowest BCUT2D eigenvalue weighted by atomic mass is 9.85. The van der Waals surface area contributed by atoms with Crippen molar-refractivity contribution in [2.24, 2.45) is 5.92 Å². The molecule has 2 aromatic rings. The number of rotatable bonds is 5. The fourth-order valence-corrected chi connectivity index (χ4v) is 4.20. The number of halogens is 4. The van der Waals surface area contributed by atoms with E-state index >= 15 is 0 Å². The van der Waals surface area contributed by atoms with E-state index in [0.717, 1.165) is 56.1 Å². The molecule has 32 heavy (non-hydrogen) atoms. The Bertz CT molecular complexity index is 928. The smallest absolute Gasteiger partial charge is 0.385 e. The first kappa shape index (κ1) is 24.4. The Kier molecular flexibility index (Phi) is 7.43. The molecule has 1 amide bonds. The minimum absolute atomic E-state index is 0.0193. The van der Waals surface area contributed by atoms with Gasteiger partial charge in [-0.3, -0.25) is 4.79 Å². The molecule has 0 unspecified atom stereocenters. The van der Waals surface area contributed by atoms with Gasteiger partial charge in [0.05, 0.1) is 16.1 Å². The zero-order valence-corrected chi connectivity index (χ0v) is 19.4. The zero-order valence-electron chi connectivity index (χ0n) is 18.7. The highest BCUT2D eigenvalue weighted by Gasteiger charge is 2.32. The summed E-state index contributed by atoms with van der Waals surface area (Å²) in [6, 6.07) is 11.3. The minimum Gasteiger partial charge on any atom is -0.385 e. The van der Waals surface area contributed by atoms with E-state index in [-0.39, 0.29) is 22.0 Å². The molecule has 2 N–H and O–H groups in total. The van der Waals surface area contributed by atoms with E-state index < -0.39 is 17.6 Å². The number of nitrogens with one attached hydrogen (secondary N) is 2. The molecule has 0 heterocycles. The Labute approximate surface area is 192 Å². The first-order chi connectivity index (χ1) is 14.9. The molecule has 174 valence electrons. The van der Waals surface area contributed by atoms with Gasteiger partial charge in [-0.05, 0) is 72.9 Å². The van der Waals surface area contributed by atoms with Crippen molar-refractivity contribution in [3.8, 4) is 0 Å². The summed E-state index contributed by atoms with van der Waals surface area (Å²) < 4.78 is 38.9. The second-order valence-corrected chi connectivity index (χ2v) is 10.00. The van der Waals surface area contributed by atoms with Gasteiger partial charge in [0, 0.05) is 18.3 Å². The summed E-state index contributed by atoms with van der Waals surface area (Å²) in [5, 5.41) is 6.37. The quantitative estimate of drug-likeness (QED) is 0.495. The van der Waals surface area contributed by atoms with Crippen LogP contribution < -0.4 is 10.6 Å². The molecule has 1 aliphatic rings. The van der Waals surface area contributed by atoms with Gasteiger partial charge in [0.1, 0.15) is 0 Å². The van der Waals surface area contributed by atoms with E-state index in [0.29, 0.717) is 5.92 Å². The molecular weight excluding hydrogens is 437 g/mol. The Morgan fingerprint density at radius 3 is 2.12 bits per heavy atom. The normalized spacial score (nSPS) is 19.5. The van der Waals surface area contributed by atoms with Crippen molar-refractivity contribution in [2.45, 2.75) is 64.1 Å².